The van der Waals surface area contributed by atoms with Gasteiger partial charge in [-0.3, -0.25) is 4.79 Å². The molecule has 9 nitrogen and oxygen atoms in total. The van der Waals surface area contributed by atoms with Gasteiger partial charge in [-0.25, -0.2) is 5.53 Å². The number of carbonyl (C=O) groups excluding carboxylic acids is 2. The van der Waals surface area contributed by atoms with Crippen molar-refractivity contribution in [3.63, 3.8) is 0 Å². The third-order valence-electron chi connectivity index (χ3n) is 3.48. The van der Waals surface area contributed by atoms with E-state index in [9.17, 15) is 9.59 Å². The lowest BCUT2D eigenvalue weighted by Crippen LogP contribution is -2.13. The first kappa shape index (κ1) is 26.3. The summed E-state index contributed by atoms with van der Waals surface area (Å²) in [5.41, 5.74) is 7.62. The maximum absolute atomic E-state index is 10.8. The Balaban J connectivity index is 3.40. The number of hydrogen-bond donors (Lipinski definition) is 2. The topological polar surface area (TPSA) is 119 Å². The second kappa shape index (κ2) is 20.1. The molecule has 0 aliphatic carbocycles. The van der Waals surface area contributed by atoms with Gasteiger partial charge in [-0.2, -0.15) is 5.11 Å². The molecule has 0 aliphatic rings. The smallest absolute Gasteiger partial charge is 0.132 e. The van der Waals surface area contributed by atoms with Crippen molar-refractivity contribution in [3.8, 4) is 0 Å². The average molecular weight is 402 g/mol. The molecule has 2 N–H and O–H groups in total. The van der Waals surface area contributed by atoms with Gasteiger partial charge in [0, 0.05) is 25.6 Å². The standard InChI is InChI=1S/C19H35N3O6/c1-17(23)5-3-4-7-21-15-19(22-20)16-28-14-13-27-12-11-26-10-9-25-8-6-18(2)24/h15,20-21H,3-14,16H2,1-2H3/b19-15-,22-20?. The second-order valence-electron chi connectivity index (χ2n) is 6.20. The van der Waals surface area contributed by atoms with Crippen molar-refractivity contribution < 1.29 is 28.5 Å². The van der Waals surface area contributed by atoms with Crippen molar-refractivity contribution in [2.75, 3.05) is 59.4 Å². The Labute approximate surface area is 167 Å². The van der Waals surface area contributed by atoms with Crippen LogP contribution in [0.3, 0.4) is 0 Å². The van der Waals surface area contributed by atoms with Crippen LogP contribution in [0, 0.1) is 5.53 Å². The molecular formula is C19H35N3O6. The fraction of sp³-hybridized carbons (Fsp3) is 0.789. The summed E-state index contributed by atoms with van der Waals surface area (Å²) in [6, 6.07) is 0. The summed E-state index contributed by atoms with van der Waals surface area (Å²) in [6.07, 6.45) is 4.44. The number of hydrogen-bond acceptors (Lipinski definition) is 9. The third-order valence-corrected chi connectivity index (χ3v) is 3.48. The third kappa shape index (κ3) is 20.6. The van der Waals surface area contributed by atoms with Gasteiger partial charge in [0.15, 0.2) is 0 Å². The number of unbranched alkanes of at least 4 members (excludes halogenated alkanes) is 1. The summed E-state index contributed by atoms with van der Waals surface area (Å²) in [7, 11) is 0. The number of nitrogens with zero attached hydrogens (tertiary/aromatic N) is 1. The Morgan fingerprint density at radius 2 is 1.36 bits per heavy atom. The molecule has 0 radical (unpaired) electrons. The zero-order valence-corrected chi connectivity index (χ0v) is 17.2. The molecule has 0 aliphatic heterocycles. The van der Waals surface area contributed by atoms with Crippen LogP contribution in [-0.2, 0) is 28.5 Å². The maximum atomic E-state index is 10.8. The molecule has 9 heteroatoms. The molecule has 0 rings (SSSR count). The van der Waals surface area contributed by atoms with Crippen LogP contribution in [-0.4, -0.2) is 71.0 Å². The molecule has 0 amide bonds. The summed E-state index contributed by atoms with van der Waals surface area (Å²) < 4.78 is 21.4. The van der Waals surface area contributed by atoms with Crippen molar-refractivity contribution in [1.29, 1.82) is 5.53 Å². The Morgan fingerprint density at radius 1 is 0.821 bits per heavy atom. The lowest BCUT2D eigenvalue weighted by Gasteiger charge is -2.07. The Hall–Kier alpha value is -1.68. The molecule has 0 unspecified atom stereocenters. The molecule has 0 saturated carbocycles. The Bertz CT molecular complexity index is 457. The van der Waals surface area contributed by atoms with Gasteiger partial charge in [0.1, 0.15) is 17.3 Å². The molecule has 0 saturated heterocycles. The van der Waals surface area contributed by atoms with Crippen molar-refractivity contribution in [3.05, 3.63) is 11.9 Å². The SMILES string of the molecule is CC(=O)CCCCN/C=C(/COCCOCCOCCOCCC(C)=O)N=N. The molecule has 0 atom stereocenters. The van der Waals surface area contributed by atoms with E-state index in [0.29, 0.717) is 64.8 Å². The summed E-state index contributed by atoms with van der Waals surface area (Å²) in [5, 5.41) is 6.48. The predicted octanol–water partition coefficient (Wildman–Crippen LogP) is 2.25. The molecule has 162 valence electrons. The zero-order valence-electron chi connectivity index (χ0n) is 17.2. The maximum Gasteiger partial charge on any atom is 0.132 e. The van der Waals surface area contributed by atoms with Gasteiger partial charge in [-0.15, -0.1) is 0 Å². The van der Waals surface area contributed by atoms with Gasteiger partial charge in [-0.05, 0) is 26.7 Å². The molecule has 0 spiro atoms. The van der Waals surface area contributed by atoms with Crippen LogP contribution in [0.1, 0.15) is 39.5 Å². The lowest BCUT2D eigenvalue weighted by atomic mass is 10.2. The minimum atomic E-state index is 0.118. The number of ketones is 2. The zero-order chi connectivity index (χ0) is 20.9. The lowest BCUT2D eigenvalue weighted by molar-refractivity contribution is -0.118. The van der Waals surface area contributed by atoms with Crippen LogP contribution < -0.4 is 5.32 Å². The number of rotatable bonds is 21. The summed E-state index contributed by atoms with van der Waals surface area (Å²) in [5.74, 6) is 0.322. The number of nitrogens with one attached hydrogen (secondary N) is 2. The molecule has 0 aromatic carbocycles. The van der Waals surface area contributed by atoms with Crippen LogP contribution >= 0.6 is 0 Å². The number of Topliss-reactive ketones (excluding diaryl/α,β-unsaturated/α-hetero) is 2. The largest absolute Gasteiger partial charge is 0.389 e. The number of ether oxygens (including phenoxy) is 4. The van der Waals surface area contributed by atoms with Gasteiger partial charge in [0.05, 0.1) is 52.9 Å². The van der Waals surface area contributed by atoms with E-state index >= 15 is 0 Å². The van der Waals surface area contributed by atoms with E-state index in [1.54, 1.807) is 13.1 Å². The van der Waals surface area contributed by atoms with E-state index in [4.69, 9.17) is 24.5 Å². The van der Waals surface area contributed by atoms with Crippen LogP contribution in [0.15, 0.2) is 17.0 Å². The van der Waals surface area contributed by atoms with Gasteiger partial charge < -0.3 is 29.1 Å². The van der Waals surface area contributed by atoms with E-state index < -0.39 is 0 Å². The first-order valence-corrected chi connectivity index (χ1v) is 9.66. The van der Waals surface area contributed by atoms with E-state index in [1.807, 2.05) is 0 Å². The van der Waals surface area contributed by atoms with Crippen molar-refractivity contribution in [2.24, 2.45) is 5.11 Å². The Morgan fingerprint density at radius 3 is 1.89 bits per heavy atom. The van der Waals surface area contributed by atoms with E-state index in [2.05, 4.69) is 10.4 Å². The van der Waals surface area contributed by atoms with Crippen LogP contribution in [0.25, 0.3) is 0 Å². The van der Waals surface area contributed by atoms with Crippen molar-refractivity contribution in [1.82, 2.24) is 5.32 Å². The van der Waals surface area contributed by atoms with Gasteiger partial charge in [0.2, 0.25) is 0 Å². The normalized spacial score (nSPS) is 11.4. The highest BCUT2D eigenvalue weighted by atomic mass is 16.6. The van der Waals surface area contributed by atoms with Crippen LogP contribution in [0.4, 0.5) is 0 Å². The highest BCUT2D eigenvalue weighted by molar-refractivity contribution is 5.75. The van der Waals surface area contributed by atoms with Gasteiger partial charge >= 0.3 is 0 Å². The van der Waals surface area contributed by atoms with Crippen molar-refractivity contribution >= 4 is 11.6 Å². The van der Waals surface area contributed by atoms with E-state index in [-0.39, 0.29) is 18.2 Å². The first-order valence-electron chi connectivity index (χ1n) is 9.66. The average Bonchev–Trinajstić information content (AvgIpc) is 2.65. The number of carbonyl (C=O) groups is 2. The molecular weight excluding hydrogens is 366 g/mol. The first-order chi connectivity index (χ1) is 13.6. The molecule has 0 aromatic rings. The predicted molar refractivity (Wildman–Crippen MR) is 104 cm³/mol. The fourth-order valence-electron chi connectivity index (χ4n) is 1.95. The second-order valence-corrected chi connectivity index (χ2v) is 6.20. The van der Waals surface area contributed by atoms with Gasteiger partial charge in [0.25, 0.3) is 0 Å². The van der Waals surface area contributed by atoms with E-state index in [0.717, 1.165) is 19.4 Å². The minimum absolute atomic E-state index is 0.118. The van der Waals surface area contributed by atoms with Crippen LogP contribution in [0.2, 0.25) is 0 Å². The summed E-state index contributed by atoms with van der Waals surface area (Å²) in [4.78, 5) is 21.5. The van der Waals surface area contributed by atoms with E-state index in [1.165, 1.54) is 6.92 Å². The molecule has 0 fully saturated rings. The monoisotopic (exact) mass is 401 g/mol. The summed E-state index contributed by atoms with van der Waals surface area (Å²) >= 11 is 0. The summed E-state index contributed by atoms with van der Waals surface area (Å²) in [6.45, 7) is 7.24. The molecule has 0 heterocycles. The molecule has 28 heavy (non-hydrogen) atoms. The Kier molecular flexibility index (Phi) is 18.9. The van der Waals surface area contributed by atoms with Crippen molar-refractivity contribution in [2.45, 2.75) is 39.5 Å². The highest BCUT2D eigenvalue weighted by Crippen LogP contribution is 1.98. The minimum Gasteiger partial charge on any atom is -0.389 e. The highest BCUT2D eigenvalue weighted by Gasteiger charge is 1.98. The molecule has 0 aromatic heterocycles. The van der Waals surface area contributed by atoms with Gasteiger partial charge in [-0.1, -0.05) is 0 Å². The quantitative estimate of drug-likeness (QED) is 0.224. The van der Waals surface area contributed by atoms with Crippen LogP contribution in [0.5, 0.6) is 0 Å². The molecule has 0 bridgehead atoms. The fourth-order valence-corrected chi connectivity index (χ4v) is 1.95.